The lowest BCUT2D eigenvalue weighted by Gasteiger charge is -2.22. The van der Waals surface area contributed by atoms with Gasteiger partial charge in [-0.2, -0.15) is 0 Å². The van der Waals surface area contributed by atoms with Gasteiger partial charge in [0, 0.05) is 25.9 Å². The average molecular weight is 378 g/mol. The van der Waals surface area contributed by atoms with Crippen molar-refractivity contribution in [3.05, 3.63) is 29.6 Å². The summed E-state index contributed by atoms with van der Waals surface area (Å²) in [6.45, 7) is 0.838. The number of carbonyl (C=O) groups excluding carboxylic acids is 2. The van der Waals surface area contributed by atoms with Crippen molar-refractivity contribution in [2.45, 2.75) is 25.8 Å². The van der Waals surface area contributed by atoms with Crippen LogP contribution in [0.15, 0.2) is 12.1 Å². The molecular weight excluding hydrogens is 361 g/mol. The smallest absolute Gasteiger partial charge is 0.223 e. The van der Waals surface area contributed by atoms with E-state index in [1.807, 2.05) is 0 Å². The summed E-state index contributed by atoms with van der Waals surface area (Å²) in [4.78, 5) is 24.4. The van der Waals surface area contributed by atoms with Gasteiger partial charge in [-0.3, -0.25) is 9.59 Å². The van der Waals surface area contributed by atoms with E-state index in [0.29, 0.717) is 12.5 Å². The highest BCUT2D eigenvalue weighted by atomic mass is 32.2. The quantitative estimate of drug-likeness (QED) is 0.779. The van der Waals surface area contributed by atoms with Crippen molar-refractivity contribution in [2.24, 2.45) is 0 Å². The van der Waals surface area contributed by atoms with Crippen LogP contribution in [0, 0.1) is 17.5 Å². The van der Waals surface area contributed by atoms with Crippen molar-refractivity contribution < 1.29 is 31.2 Å². The van der Waals surface area contributed by atoms with Crippen molar-refractivity contribution in [3.63, 3.8) is 0 Å². The molecular formula is C15H17F3N2O4S. The molecule has 0 spiro atoms. The summed E-state index contributed by atoms with van der Waals surface area (Å²) in [5.74, 6) is -5.92. The number of halogens is 3. The van der Waals surface area contributed by atoms with Crippen molar-refractivity contribution in [1.29, 1.82) is 0 Å². The molecule has 0 aromatic heterocycles. The molecule has 1 aliphatic rings. The van der Waals surface area contributed by atoms with Gasteiger partial charge in [0.1, 0.15) is 0 Å². The summed E-state index contributed by atoms with van der Waals surface area (Å²) in [6, 6.07) is 1.10. The minimum atomic E-state index is -3.15. The first kappa shape index (κ1) is 19.2. The summed E-state index contributed by atoms with van der Waals surface area (Å²) in [5, 5.41) is 2.53. The van der Waals surface area contributed by atoms with Gasteiger partial charge in [-0.15, -0.1) is 0 Å². The Kier molecular flexibility index (Phi) is 5.71. The Balaban J connectivity index is 2.02. The van der Waals surface area contributed by atoms with Crippen LogP contribution in [0.4, 0.5) is 18.9 Å². The molecule has 1 saturated heterocycles. The SMILES string of the molecule is CC(=O)N(CCC(=O)NC1CCS(=O)(=O)C1)c1ccc(F)c(F)c1F. The second-order valence-corrected chi connectivity index (χ2v) is 8.01. The zero-order valence-corrected chi connectivity index (χ0v) is 14.2. The van der Waals surface area contributed by atoms with Gasteiger partial charge in [-0.25, -0.2) is 21.6 Å². The Bertz CT molecular complexity index is 798. The van der Waals surface area contributed by atoms with E-state index >= 15 is 0 Å². The predicted octanol–water partition coefficient (Wildman–Crippen LogP) is 1.15. The molecule has 138 valence electrons. The Morgan fingerprint density at radius 3 is 2.48 bits per heavy atom. The number of hydrogen-bond donors (Lipinski definition) is 1. The van der Waals surface area contributed by atoms with Crippen LogP contribution in [0.5, 0.6) is 0 Å². The molecule has 0 aliphatic carbocycles. The minimum Gasteiger partial charge on any atom is -0.352 e. The average Bonchev–Trinajstić information content (AvgIpc) is 2.85. The third kappa shape index (κ3) is 4.71. The first-order valence-electron chi connectivity index (χ1n) is 7.52. The summed E-state index contributed by atoms with van der Waals surface area (Å²) >= 11 is 0. The summed E-state index contributed by atoms with van der Waals surface area (Å²) in [6.07, 6.45) is 0.0663. The maximum absolute atomic E-state index is 13.8. The van der Waals surface area contributed by atoms with Gasteiger partial charge in [0.25, 0.3) is 0 Å². The van der Waals surface area contributed by atoms with Crippen molar-refractivity contribution >= 4 is 27.3 Å². The van der Waals surface area contributed by atoms with Gasteiger partial charge < -0.3 is 10.2 Å². The molecule has 1 aliphatic heterocycles. The number of sulfone groups is 1. The number of amides is 2. The van der Waals surface area contributed by atoms with Crippen molar-refractivity contribution in [3.8, 4) is 0 Å². The number of benzene rings is 1. The lowest BCUT2D eigenvalue weighted by Crippen LogP contribution is -2.39. The second-order valence-electron chi connectivity index (χ2n) is 5.78. The molecule has 0 bridgehead atoms. The Morgan fingerprint density at radius 2 is 1.92 bits per heavy atom. The van der Waals surface area contributed by atoms with Crippen LogP contribution >= 0.6 is 0 Å². The number of carbonyl (C=O) groups is 2. The maximum atomic E-state index is 13.8. The Labute approximate surface area is 142 Å². The van der Waals surface area contributed by atoms with Gasteiger partial charge in [-0.1, -0.05) is 0 Å². The van der Waals surface area contributed by atoms with Gasteiger partial charge >= 0.3 is 0 Å². The van der Waals surface area contributed by atoms with Crippen LogP contribution in [0.1, 0.15) is 19.8 Å². The van der Waals surface area contributed by atoms with Crippen LogP contribution in [0.25, 0.3) is 0 Å². The molecule has 2 amide bonds. The standard InChI is InChI=1S/C15H17F3N2O4S/c1-9(21)20(12-3-2-11(16)14(17)15(12)18)6-4-13(22)19-10-5-7-25(23,24)8-10/h2-3,10H,4-8H2,1H3,(H,19,22). The second kappa shape index (κ2) is 7.42. The topological polar surface area (TPSA) is 83.6 Å². The zero-order valence-electron chi connectivity index (χ0n) is 13.4. The summed E-state index contributed by atoms with van der Waals surface area (Å²) in [5.41, 5.74) is -0.470. The van der Waals surface area contributed by atoms with Crippen LogP contribution < -0.4 is 10.2 Å². The fourth-order valence-electron chi connectivity index (χ4n) is 2.59. The van der Waals surface area contributed by atoms with Crippen LogP contribution in [0.3, 0.4) is 0 Å². The van der Waals surface area contributed by atoms with E-state index in [2.05, 4.69) is 5.32 Å². The third-order valence-electron chi connectivity index (χ3n) is 3.85. The maximum Gasteiger partial charge on any atom is 0.223 e. The normalized spacial score (nSPS) is 18.8. The highest BCUT2D eigenvalue weighted by molar-refractivity contribution is 7.91. The third-order valence-corrected chi connectivity index (χ3v) is 5.61. The van der Waals surface area contributed by atoms with Gasteiger partial charge in [0.15, 0.2) is 27.3 Å². The van der Waals surface area contributed by atoms with E-state index in [4.69, 9.17) is 0 Å². The zero-order chi connectivity index (χ0) is 18.8. The van der Waals surface area contributed by atoms with Crippen LogP contribution in [-0.2, 0) is 19.4 Å². The monoisotopic (exact) mass is 378 g/mol. The van der Waals surface area contributed by atoms with E-state index in [-0.39, 0.29) is 24.5 Å². The van der Waals surface area contributed by atoms with Crippen LogP contribution in [0.2, 0.25) is 0 Å². The highest BCUT2D eigenvalue weighted by Crippen LogP contribution is 2.24. The number of nitrogens with zero attached hydrogens (tertiary/aromatic N) is 1. The molecule has 25 heavy (non-hydrogen) atoms. The molecule has 0 radical (unpaired) electrons. The van der Waals surface area contributed by atoms with E-state index in [9.17, 15) is 31.2 Å². The first-order valence-corrected chi connectivity index (χ1v) is 9.34. The predicted molar refractivity (Wildman–Crippen MR) is 84.2 cm³/mol. The molecule has 6 nitrogen and oxygen atoms in total. The lowest BCUT2D eigenvalue weighted by molar-refractivity contribution is -0.121. The summed E-state index contributed by atoms with van der Waals surface area (Å²) < 4.78 is 62.9. The highest BCUT2D eigenvalue weighted by Gasteiger charge is 2.29. The fourth-order valence-corrected chi connectivity index (χ4v) is 4.27. The number of nitrogens with one attached hydrogen (secondary N) is 1. The molecule has 1 aromatic rings. The number of hydrogen-bond acceptors (Lipinski definition) is 4. The molecule has 2 rings (SSSR count). The molecule has 1 atom stereocenters. The summed E-state index contributed by atoms with van der Waals surface area (Å²) in [7, 11) is -3.15. The lowest BCUT2D eigenvalue weighted by atomic mass is 10.2. The molecule has 1 N–H and O–H groups in total. The molecule has 10 heteroatoms. The van der Waals surface area contributed by atoms with E-state index in [1.165, 1.54) is 0 Å². The molecule has 1 fully saturated rings. The van der Waals surface area contributed by atoms with E-state index in [1.54, 1.807) is 0 Å². The Morgan fingerprint density at radius 1 is 1.24 bits per heavy atom. The van der Waals surface area contributed by atoms with Crippen LogP contribution in [-0.4, -0.2) is 44.3 Å². The van der Waals surface area contributed by atoms with Crippen molar-refractivity contribution in [1.82, 2.24) is 5.32 Å². The fraction of sp³-hybridized carbons (Fsp3) is 0.467. The Hall–Kier alpha value is -2.10. The number of rotatable bonds is 5. The molecule has 1 unspecified atom stereocenters. The largest absolute Gasteiger partial charge is 0.352 e. The van der Waals surface area contributed by atoms with Gasteiger partial charge in [0.2, 0.25) is 11.8 Å². The first-order chi connectivity index (χ1) is 11.6. The minimum absolute atomic E-state index is 0.00240. The molecule has 1 aromatic carbocycles. The number of anilines is 1. The molecule has 1 heterocycles. The molecule has 0 saturated carbocycles. The van der Waals surface area contributed by atoms with Crippen molar-refractivity contribution in [2.75, 3.05) is 23.0 Å². The van der Waals surface area contributed by atoms with E-state index < -0.39 is 50.8 Å². The van der Waals surface area contributed by atoms with Gasteiger partial charge in [0.05, 0.1) is 17.2 Å². The van der Waals surface area contributed by atoms with Gasteiger partial charge in [-0.05, 0) is 18.6 Å². The van der Waals surface area contributed by atoms with E-state index in [0.717, 1.165) is 17.9 Å².